The number of carbonyl (C=O) groups is 2. The Balaban J connectivity index is 1.86. The number of hydrogen-bond donors (Lipinski definition) is 1. The lowest BCUT2D eigenvalue weighted by molar-refractivity contribution is -0.128. The van der Waals surface area contributed by atoms with Crippen LogP contribution in [0.4, 0.5) is 5.69 Å². The van der Waals surface area contributed by atoms with Gasteiger partial charge in [0, 0.05) is 25.2 Å². The molecule has 0 bridgehead atoms. The molecule has 2 amide bonds. The Morgan fingerprint density at radius 3 is 2.59 bits per heavy atom. The first-order valence-corrected chi connectivity index (χ1v) is 8.31. The fourth-order valence-corrected chi connectivity index (χ4v) is 2.78. The highest BCUT2D eigenvalue weighted by Gasteiger charge is 2.33. The largest absolute Gasteiger partial charge is 0.342 e. The second-order valence-corrected chi connectivity index (χ2v) is 5.99. The zero-order valence-electron chi connectivity index (χ0n) is 13.6. The summed E-state index contributed by atoms with van der Waals surface area (Å²) in [4.78, 5) is 26.1. The molecule has 1 aliphatic heterocycles. The lowest BCUT2D eigenvalue weighted by Gasteiger charge is -2.16. The van der Waals surface area contributed by atoms with Gasteiger partial charge in [0.1, 0.15) is 0 Å². The van der Waals surface area contributed by atoms with Crippen LogP contribution in [0.25, 0.3) is 0 Å². The molecule has 1 aromatic rings. The normalized spacial score (nSPS) is 17.8. The highest BCUT2D eigenvalue weighted by Crippen LogP contribution is 2.21. The lowest BCUT2D eigenvalue weighted by atomic mass is 10.1. The summed E-state index contributed by atoms with van der Waals surface area (Å²) in [6.07, 6.45) is 4.61. The van der Waals surface area contributed by atoms with Gasteiger partial charge in [-0.3, -0.25) is 9.59 Å². The van der Waals surface area contributed by atoms with Crippen LogP contribution in [-0.2, 0) is 16.0 Å². The summed E-state index contributed by atoms with van der Waals surface area (Å²) in [6.45, 7) is 5.58. The SMILES string of the molecule is CCCCCN1CC(C(=O)Nc2ccc(CC)cc2)CC1=O. The molecule has 0 saturated carbocycles. The van der Waals surface area contributed by atoms with Crippen LogP contribution in [0.3, 0.4) is 0 Å². The molecule has 22 heavy (non-hydrogen) atoms. The third-order valence-electron chi connectivity index (χ3n) is 4.25. The van der Waals surface area contributed by atoms with Gasteiger partial charge in [0.05, 0.1) is 5.92 Å². The van der Waals surface area contributed by atoms with Crippen LogP contribution in [0.2, 0.25) is 0 Å². The maximum absolute atomic E-state index is 12.3. The maximum atomic E-state index is 12.3. The molecule has 0 radical (unpaired) electrons. The molecule has 0 aliphatic carbocycles. The standard InChI is InChI=1S/C18H26N2O2/c1-3-5-6-11-20-13-15(12-17(20)21)18(22)19-16-9-7-14(4-2)8-10-16/h7-10,15H,3-6,11-13H2,1-2H3,(H,19,22). The summed E-state index contributed by atoms with van der Waals surface area (Å²) in [7, 11) is 0. The molecule has 4 heteroatoms. The predicted octanol–water partition coefficient (Wildman–Crippen LogP) is 3.23. The number of rotatable bonds is 7. The number of benzene rings is 1. The second-order valence-electron chi connectivity index (χ2n) is 5.99. The minimum absolute atomic E-state index is 0.0458. The molecule has 1 saturated heterocycles. The fraction of sp³-hybridized carbons (Fsp3) is 0.556. The molecular formula is C18H26N2O2. The van der Waals surface area contributed by atoms with Crippen LogP contribution in [0.15, 0.2) is 24.3 Å². The van der Waals surface area contributed by atoms with Gasteiger partial charge in [-0.15, -0.1) is 0 Å². The van der Waals surface area contributed by atoms with Crippen LogP contribution in [0, 0.1) is 5.92 Å². The van der Waals surface area contributed by atoms with Crippen LogP contribution in [0.1, 0.15) is 45.1 Å². The van der Waals surface area contributed by atoms with Gasteiger partial charge in [-0.1, -0.05) is 38.8 Å². The lowest BCUT2D eigenvalue weighted by Crippen LogP contribution is -2.29. The molecule has 1 fully saturated rings. The number of likely N-dealkylation sites (tertiary alicyclic amines) is 1. The van der Waals surface area contributed by atoms with E-state index < -0.39 is 0 Å². The second kappa shape index (κ2) is 7.97. The van der Waals surface area contributed by atoms with E-state index in [2.05, 4.69) is 19.2 Å². The van der Waals surface area contributed by atoms with Gasteiger partial charge < -0.3 is 10.2 Å². The van der Waals surface area contributed by atoms with E-state index in [1.165, 1.54) is 5.56 Å². The van der Waals surface area contributed by atoms with Crippen molar-refractivity contribution in [3.05, 3.63) is 29.8 Å². The zero-order valence-corrected chi connectivity index (χ0v) is 13.6. The van der Waals surface area contributed by atoms with E-state index in [9.17, 15) is 9.59 Å². The molecular weight excluding hydrogens is 276 g/mol. The van der Waals surface area contributed by atoms with Crippen molar-refractivity contribution in [3.63, 3.8) is 0 Å². The van der Waals surface area contributed by atoms with Crippen molar-refractivity contribution >= 4 is 17.5 Å². The van der Waals surface area contributed by atoms with E-state index in [1.54, 1.807) is 0 Å². The Bertz CT molecular complexity index is 510. The van der Waals surface area contributed by atoms with Gasteiger partial charge in [-0.05, 0) is 30.5 Å². The Morgan fingerprint density at radius 2 is 1.95 bits per heavy atom. The summed E-state index contributed by atoms with van der Waals surface area (Å²) in [5.74, 6) is -0.159. The number of unbranched alkanes of at least 4 members (excludes halogenated alkanes) is 2. The number of anilines is 1. The molecule has 1 aliphatic rings. The first kappa shape index (κ1) is 16.5. The number of aryl methyl sites for hydroxylation is 1. The van der Waals surface area contributed by atoms with E-state index in [0.29, 0.717) is 13.0 Å². The molecule has 0 spiro atoms. The smallest absolute Gasteiger partial charge is 0.229 e. The van der Waals surface area contributed by atoms with E-state index in [-0.39, 0.29) is 17.7 Å². The fourth-order valence-electron chi connectivity index (χ4n) is 2.78. The van der Waals surface area contributed by atoms with Gasteiger partial charge in [0.25, 0.3) is 0 Å². The summed E-state index contributed by atoms with van der Waals surface area (Å²) in [5.41, 5.74) is 2.05. The van der Waals surface area contributed by atoms with E-state index in [0.717, 1.165) is 37.9 Å². The third-order valence-corrected chi connectivity index (χ3v) is 4.25. The number of nitrogens with one attached hydrogen (secondary N) is 1. The molecule has 1 heterocycles. The molecule has 2 rings (SSSR count). The van der Waals surface area contributed by atoms with Crippen LogP contribution in [-0.4, -0.2) is 29.8 Å². The molecule has 1 unspecified atom stereocenters. The highest BCUT2D eigenvalue weighted by molar-refractivity contribution is 5.97. The maximum Gasteiger partial charge on any atom is 0.229 e. The minimum Gasteiger partial charge on any atom is -0.342 e. The average Bonchev–Trinajstić information content (AvgIpc) is 2.90. The summed E-state index contributed by atoms with van der Waals surface area (Å²) in [5, 5.41) is 2.93. The van der Waals surface area contributed by atoms with E-state index >= 15 is 0 Å². The molecule has 1 atom stereocenters. The van der Waals surface area contributed by atoms with E-state index in [4.69, 9.17) is 0 Å². The van der Waals surface area contributed by atoms with Crippen LogP contribution >= 0.6 is 0 Å². The van der Waals surface area contributed by atoms with Crippen molar-refractivity contribution in [2.75, 3.05) is 18.4 Å². The van der Waals surface area contributed by atoms with Gasteiger partial charge in [-0.2, -0.15) is 0 Å². The van der Waals surface area contributed by atoms with Gasteiger partial charge in [0.2, 0.25) is 11.8 Å². The Morgan fingerprint density at radius 1 is 1.23 bits per heavy atom. The van der Waals surface area contributed by atoms with Gasteiger partial charge >= 0.3 is 0 Å². The summed E-state index contributed by atoms with van der Waals surface area (Å²) < 4.78 is 0. The van der Waals surface area contributed by atoms with Crippen LogP contribution in [0.5, 0.6) is 0 Å². The molecule has 4 nitrogen and oxygen atoms in total. The van der Waals surface area contributed by atoms with Crippen molar-refractivity contribution in [2.24, 2.45) is 5.92 Å². The Hall–Kier alpha value is -1.84. The predicted molar refractivity (Wildman–Crippen MR) is 88.7 cm³/mol. The zero-order chi connectivity index (χ0) is 15.9. The van der Waals surface area contributed by atoms with Crippen molar-refractivity contribution in [3.8, 4) is 0 Å². The van der Waals surface area contributed by atoms with Crippen molar-refractivity contribution < 1.29 is 9.59 Å². The molecule has 0 aromatic heterocycles. The van der Waals surface area contributed by atoms with Crippen molar-refractivity contribution in [2.45, 2.75) is 46.0 Å². The minimum atomic E-state index is -0.222. The summed E-state index contributed by atoms with van der Waals surface area (Å²) in [6, 6.07) is 7.89. The Labute approximate surface area is 132 Å². The number of amides is 2. The van der Waals surface area contributed by atoms with Crippen molar-refractivity contribution in [1.29, 1.82) is 0 Å². The van der Waals surface area contributed by atoms with Gasteiger partial charge in [-0.25, -0.2) is 0 Å². The first-order valence-electron chi connectivity index (χ1n) is 8.31. The molecule has 1 aromatic carbocycles. The monoisotopic (exact) mass is 302 g/mol. The molecule has 120 valence electrons. The van der Waals surface area contributed by atoms with E-state index in [1.807, 2.05) is 29.2 Å². The van der Waals surface area contributed by atoms with Gasteiger partial charge in [0.15, 0.2) is 0 Å². The van der Waals surface area contributed by atoms with Crippen LogP contribution < -0.4 is 5.32 Å². The number of nitrogens with zero attached hydrogens (tertiary/aromatic N) is 1. The molecule has 1 N–H and O–H groups in total. The van der Waals surface area contributed by atoms with Crippen molar-refractivity contribution in [1.82, 2.24) is 4.90 Å². The first-order chi connectivity index (χ1) is 10.6. The summed E-state index contributed by atoms with van der Waals surface area (Å²) >= 11 is 0. The Kier molecular flexibility index (Phi) is 5.99. The quantitative estimate of drug-likeness (QED) is 0.786. The number of carbonyl (C=O) groups excluding carboxylic acids is 2. The topological polar surface area (TPSA) is 49.4 Å². The number of hydrogen-bond acceptors (Lipinski definition) is 2. The average molecular weight is 302 g/mol. The highest BCUT2D eigenvalue weighted by atomic mass is 16.2. The third kappa shape index (κ3) is 4.33.